The zero-order chi connectivity index (χ0) is 15.6. The van der Waals surface area contributed by atoms with E-state index in [1.807, 2.05) is 0 Å². The minimum absolute atomic E-state index is 0.240. The number of carbonyl (C=O) groups is 1. The van der Waals surface area contributed by atoms with Crippen LogP contribution in [-0.2, 0) is 6.18 Å². The predicted molar refractivity (Wildman–Crippen MR) is 78.0 cm³/mol. The molecule has 3 N–H and O–H groups in total. The Morgan fingerprint density at radius 1 is 1.10 bits per heavy atom. The molecule has 0 bridgehead atoms. The van der Waals surface area contributed by atoms with Gasteiger partial charge in [-0.1, -0.05) is 15.9 Å². The Morgan fingerprint density at radius 3 is 2.29 bits per heavy atom. The van der Waals surface area contributed by atoms with Gasteiger partial charge >= 0.3 is 6.18 Å². The molecule has 1 amide bonds. The molecule has 3 nitrogen and oxygen atoms in total. The summed E-state index contributed by atoms with van der Waals surface area (Å²) in [5.74, 6) is -0.492. The van der Waals surface area contributed by atoms with Crippen molar-refractivity contribution in [3.05, 3.63) is 58.1 Å². The summed E-state index contributed by atoms with van der Waals surface area (Å²) in [6.07, 6.45) is -4.41. The number of benzene rings is 2. The van der Waals surface area contributed by atoms with Gasteiger partial charge in [-0.3, -0.25) is 4.79 Å². The minimum atomic E-state index is -4.41. The van der Waals surface area contributed by atoms with E-state index in [1.54, 1.807) is 12.1 Å². The first kappa shape index (κ1) is 15.4. The maximum atomic E-state index is 12.4. The number of nitrogens with two attached hydrogens (primary N) is 1. The number of carbonyl (C=O) groups excluding carboxylic acids is 1. The summed E-state index contributed by atoms with van der Waals surface area (Å²) in [6, 6.07) is 8.97. The highest BCUT2D eigenvalue weighted by molar-refractivity contribution is 9.10. The number of nitrogens with one attached hydrogen (secondary N) is 1. The largest absolute Gasteiger partial charge is 0.416 e. The summed E-state index contributed by atoms with van der Waals surface area (Å²) in [4.78, 5) is 12.0. The third-order valence-electron chi connectivity index (χ3n) is 2.73. The molecule has 0 radical (unpaired) electrons. The van der Waals surface area contributed by atoms with Crippen LogP contribution in [-0.4, -0.2) is 5.91 Å². The predicted octanol–water partition coefficient (Wildman–Crippen LogP) is 4.30. The van der Waals surface area contributed by atoms with E-state index in [-0.39, 0.29) is 16.9 Å². The fourth-order valence-corrected chi connectivity index (χ4v) is 2.03. The van der Waals surface area contributed by atoms with Gasteiger partial charge in [0, 0.05) is 15.8 Å². The number of halogens is 4. The summed E-state index contributed by atoms with van der Waals surface area (Å²) in [5, 5.41) is 2.50. The number of amides is 1. The lowest BCUT2D eigenvalue weighted by molar-refractivity contribution is -0.137. The summed E-state index contributed by atoms with van der Waals surface area (Å²) in [7, 11) is 0. The molecule has 0 heterocycles. The minimum Gasteiger partial charge on any atom is -0.398 e. The Morgan fingerprint density at radius 2 is 1.71 bits per heavy atom. The third-order valence-corrected chi connectivity index (χ3v) is 3.22. The Labute approximate surface area is 127 Å². The fourth-order valence-electron chi connectivity index (χ4n) is 1.67. The maximum Gasteiger partial charge on any atom is 0.416 e. The monoisotopic (exact) mass is 358 g/mol. The van der Waals surface area contributed by atoms with Crippen LogP contribution in [0, 0.1) is 0 Å². The van der Waals surface area contributed by atoms with E-state index in [2.05, 4.69) is 21.2 Å². The van der Waals surface area contributed by atoms with Crippen molar-refractivity contribution < 1.29 is 18.0 Å². The first-order valence-corrected chi connectivity index (χ1v) is 6.60. The molecular formula is C14H10BrF3N2O. The highest BCUT2D eigenvalue weighted by Crippen LogP contribution is 2.30. The molecule has 7 heteroatoms. The van der Waals surface area contributed by atoms with Crippen molar-refractivity contribution in [1.82, 2.24) is 0 Å². The first-order valence-electron chi connectivity index (χ1n) is 5.81. The van der Waals surface area contributed by atoms with Crippen molar-refractivity contribution in [3.8, 4) is 0 Å². The standard InChI is InChI=1S/C14H10BrF3N2O/c15-9-3-6-12(19)11(7-9)13(21)20-10-4-1-8(2-5-10)14(16,17)18/h1-7H,19H2,(H,20,21). The van der Waals surface area contributed by atoms with Gasteiger partial charge in [-0.15, -0.1) is 0 Å². The molecule has 2 rings (SSSR count). The molecule has 21 heavy (non-hydrogen) atoms. The van der Waals surface area contributed by atoms with Crippen LogP contribution in [0.4, 0.5) is 24.5 Å². The van der Waals surface area contributed by atoms with Gasteiger partial charge in [0.15, 0.2) is 0 Å². The van der Waals surface area contributed by atoms with E-state index < -0.39 is 17.6 Å². The van der Waals surface area contributed by atoms with Crippen LogP contribution in [0.5, 0.6) is 0 Å². The number of nitrogen functional groups attached to an aromatic ring is 1. The van der Waals surface area contributed by atoms with E-state index in [4.69, 9.17) is 5.73 Å². The molecule has 0 unspecified atom stereocenters. The summed E-state index contributed by atoms with van der Waals surface area (Å²) in [6.45, 7) is 0. The first-order chi connectivity index (χ1) is 9.77. The quantitative estimate of drug-likeness (QED) is 0.786. The smallest absolute Gasteiger partial charge is 0.398 e. The van der Waals surface area contributed by atoms with Crippen molar-refractivity contribution >= 4 is 33.2 Å². The van der Waals surface area contributed by atoms with Crippen molar-refractivity contribution in [2.45, 2.75) is 6.18 Å². The number of hydrogen-bond donors (Lipinski definition) is 2. The molecule has 110 valence electrons. The molecule has 0 aliphatic rings. The summed E-state index contributed by atoms with van der Waals surface area (Å²) in [5.41, 5.74) is 5.70. The lowest BCUT2D eigenvalue weighted by atomic mass is 10.1. The van der Waals surface area contributed by atoms with E-state index in [1.165, 1.54) is 18.2 Å². The molecule has 2 aromatic carbocycles. The maximum absolute atomic E-state index is 12.4. The summed E-state index contributed by atoms with van der Waals surface area (Å²) < 4.78 is 38.0. The molecule has 0 aliphatic heterocycles. The van der Waals surface area contributed by atoms with Crippen molar-refractivity contribution in [2.24, 2.45) is 0 Å². The molecule has 0 saturated heterocycles. The normalized spacial score (nSPS) is 11.2. The van der Waals surface area contributed by atoms with Gasteiger partial charge in [0.2, 0.25) is 0 Å². The third kappa shape index (κ3) is 3.75. The van der Waals surface area contributed by atoms with E-state index in [0.29, 0.717) is 4.47 Å². The van der Waals surface area contributed by atoms with Crippen molar-refractivity contribution in [3.63, 3.8) is 0 Å². The molecule has 2 aromatic rings. The molecular weight excluding hydrogens is 349 g/mol. The van der Waals surface area contributed by atoms with Crippen LogP contribution < -0.4 is 11.1 Å². The van der Waals surface area contributed by atoms with Crippen LogP contribution in [0.2, 0.25) is 0 Å². The second-order valence-corrected chi connectivity index (χ2v) is 5.18. The summed E-state index contributed by atoms with van der Waals surface area (Å²) >= 11 is 3.22. The average molecular weight is 359 g/mol. The topological polar surface area (TPSA) is 55.1 Å². The molecule has 0 aromatic heterocycles. The molecule has 0 spiro atoms. The van der Waals surface area contributed by atoms with Gasteiger partial charge < -0.3 is 11.1 Å². The Kier molecular flexibility index (Phi) is 4.22. The van der Waals surface area contributed by atoms with Crippen LogP contribution >= 0.6 is 15.9 Å². The number of rotatable bonds is 2. The number of anilines is 2. The van der Waals surface area contributed by atoms with Crippen LogP contribution in [0.1, 0.15) is 15.9 Å². The van der Waals surface area contributed by atoms with Gasteiger partial charge in [-0.25, -0.2) is 0 Å². The van der Waals surface area contributed by atoms with Gasteiger partial charge in [0.05, 0.1) is 11.1 Å². The number of alkyl halides is 3. The van der Waals surface area contributed by atoms with Crippen LogP contribution in [0.15, 0.2) is 46.9 Å². The van der Waals surface area contributed by atoms with E-state index in [0.717, 1.165) is 12.1 Å². The lowest BCUT2D eigenvalue weighted by Gasteiger charge is -2.10. The highest BCUT2D eigenvalue weighted by Gasteiger charge is 2.30. The Balaban J connectivity index is 2.18. The highest BCUT2D eigenvalue weighted by atomic mass is 79.9. The van der Waals surface area contributed by atoms with Crippen molar-refractivity contribution in [1.29, 1.82) is 0 Å². The van der Waals surface area contributed by atoms with Gasteiger partial charge in [-0.05, 0) is 42.5 Å². The SMILES string of the molecule is Nc1ccc(Br)cc1C(=O)Nc1ccc(C(F)(F)F)cc1. The van der Waals surface area contributed by atoms with E-state index >= 15 is 0 Å². The molecule has 0 saturated carbocycles. The van der Waals surface area contributed by atoms with Gasteiger partial charge in [0.25, 0.3) is 5.91 Å². The second kappa shape index (κ2) is 5.77. The molecule has 0 fully saturated rings. The zero-order valence-electron chi connectivity index (χ0n) is 10.5. The van der Waals surface area contributed by atoms with Crippen LogP contribution in [0.25, 0.3) is 0 Å². The molecule has 0 atom stereocenters. The van der Waals surface area contributed by atoms with Gasteiger partial charge in [-0.2, -0.15) is 13.2 Å². The van der Waals surface area contributed by atoms with Crippen LogP contribution in [0.3, 0.4) is 0 Å². The lowest BCUT2D eigenvalue weighted by Crippen LogP contribution is -2.14. The molecule has 0 aliphatic carbocycles. The second-order valence-electron chi connectivity index (χ2n) is 4.26. The number of hydrogen-bond acceptors (Lipinski definition) is 2. The zero-order valence-corrected chi connectivity index (χ0v) is 12.1. The fraction of sp³-hybridized carbons (Fsp3) is 0.0714. The Hall–Kier alpha value is -2.02. The van der Waals surface area contributed by atoms with Crippen molar-refractivity contribution in [2.75, 3.05) is 11.1 Å². The Bertz CT molecular complexity index is 669. The van der Waals surface area contributed by atoms with Gasteiger partial charge in [0.1, 0.15) is 0 Å². The average Bonchev–Trinajstić information content (AvgIpc) is 2.41. The van der Waals surface area contributed by atoms with E-state index in [9.17, 15) is 18.0 Å².